The highest BCUT2D eigenvalue weighted by atomic mass is 19.1. The number of unbranched alkanes of at least 4 members (excludes halogenated alkanes) is 1. The highest BCUT2D eigenvalue weighted by Crippen LogP contribution is 2.15. The summed E-state index contributed by atoms with van der Waals surface area (Å²) in [6.45, 7) is 5.46. The van der Waals surface area contributed by atoms with E-state index >= 15 is 0 Å². The number of nitrogens with one attached hydrogen (secondary N) is 1. The summed E-state index contributed by atoms with van der Waals surface area (Å²) in [7, 11) is 0. The minimum absolute atomic E-state index is 0.260. The van der Waals surface area contributed by atoms with Gasteiger partial charge < -0.3 is 4.74 Å². The number of ether oxygens (including phenoxy) is 1. The first-order valence-corrected chi connectivity index (χ1v) is 7.14. The number of hydrogen-bond acceptors (Lipinski definition) is 3. The maximum absolute atomic E-state index is 12.7. The lowest BCUT2D eigenvalue weighted by Crippen LogP contribution is -2.41. The number of hydrogen-bond donors (Lipinski definition) is 1. The fourth-order valence-corrected chi connectivity index (χ4v) is 1.89. The van der Waals surface area contributed by atoms with E-state index < -0.39 is 5.54 Å². The Morgan fingerprint density at radius 2 is 2.00 bits per heavy atom. The van der Waals surface area contributed by atoms with Crippen molar-refractivity contribution < 1.29 is 9.13 Å². The van der Waals surface area contributed by atoms with Gasteiger partial charge in [0, 0.05) is 0 Å². The number of benzene rings is 1. The van der Waals surface area contributed by atoms with Gasteiger partial charge in [0.2, 0.25) is 0 Å². The van der Waals surface area contributed by atoms with Gasteiger partial charge in [-0.15, -0.1) is 0 Å². The van der Waals surface area contributed by atoms with E-state index in [1.165, 1.54) is 12.1 Å². The summed E-state index contributed by atoms with van der Waals surface area (Å²) in [5, 5.41) is 12.5. The van der Waals surface area contributed by atoms with Gasteiger partial charge in [0.15, 0.2) is 0 Å². The molecule has 0 aliphatic heterocycles. The van der Waals surface area contributed by atoms with Gasteiger partial charge in [-0.05, 0) is 63.4 Å². The Morgan fingerprint density at radius 3 is 2.60 bits per heavy atom. The highest BCUT2D eigenvalue weighted by molar-refractivity contribution is 5.21. The molecule has 0 heterocycles. The second kappa shape index (κ2) is 8.55. The molecular formula is C16H23FN2O. The van der Waals surface area contributed by atoms with Gasteiger partial charge in [-0.3, -0.25) is 5.32 Å². The van der Waals surface area contributed by atoms with Gasteiger partial charge in [-0.1, -0.05) is 6.92 Å². The van der Waals surface area contributed by atoms with Crippen LogP contribution in [0.4, 0.5) is 4.39 Å². The third kappa shape index (κ3) is 6.03. The van der Waals surface area contributed by atoms with Crippen molar-refractivity contribution in [1.29, 1.82) is 5.26 Å². The van der Waals surface area contributed by atoms with Gasteiger partial charge in [0.05, 0.1) is 12.7 Å². The molecule has 0 saturated carbocycles. The van der Waals surface area contributed by atoms with Crippen molar-refractivity contribution in [2.45, 2.75) is 45.1 Å². The van der Waals surface area contributed by atoms with Crippen LogP contribution in [0.15, 0.2) is 24.3 Å². The predicted octanol–water partition coefficient (Wildman–Crippen LogP) is 3.66. The normalized spacial score (nSPS) is 13.5. The van der Waals surface area contributed by atoms with Crippen molar-refractivity contribution in [2.24, 2.45) is 0 Å². The zero-order chi connectivity index (χ0) is 14.8. The van der Waals surface area contributed by atoms with Crippen molar-refractivity contribution in [1.82, 2.24) is 5.32 Å². The van der Waals surface area contributed by atoms with Crippen molar-refractivity contribution in [3.8, 4) is 11.8 Å². The van der Waals surface area contributed by atoms with E-state index in [2.05, 4.69) is 18.3 Å². The smallest absolute Gasteiger partial charge is 0.123 e. The van der Waals surface area contributed by atoms with Crippen molar-refractivity contribution in [2.75, 3.05) is 13.2 Å². The first-order valence-electron chi connectivity index (χ1n) is 7.14. The standard InChI is InChI=1S/C16H23FN2O/c1-3-11-19-16(2,13-18)10-4-5-12-20-15-8-6-14(17)7-9-15/h6-9,19H,3-5,10-12H2,1-2H3. The molecule has 110 valence electrons. The Labute approximate surface area is 120 Å². The summed E-state index contributed by atoms with van der Waals surface area (Å²) in [6, 6.07) is 8.35. The predicted molar refractivity (Wildman–Crippen MR) is 78.1 cm³/mol. The molecule has 4 heteroatoms. The van der Waals surface area contributed by atoms with Crippen LogP contribution in [0.5, 0.6) is 5.75 Å². The summed E-state index contributed by atoms with van der Waals surface area (Å²) >= 11 is 0. The van der Waals surface area contributed by atoms with E-state index in [-0.39, 0.29) is 5.82 Å². The molecule has 0 amide bonds. The average Bonchev–Trinajstić information content (AvgIpc) is 2.47. The molecule has 1 N–H and O–H groups in total. The van der Waals surface area contributed by atoms with E-state index in [4.69, 9.17) is 4.74 Å². The number of nitrogens with zero attached hydrogens (tertiary/aromatic N) is 1. The summed E-state index contributed by atoms with van der Waals surface area (Å²) in [4.78, 5) is 0. The lowest BCUT2D eigenvalue weighted by atomic mass is 9.96. The Kier molecular flexibility index (Phi) is 7.03. The number of halogens is 1. The van der Waals surface area contributed by atoms with Crippen LogP contribution >= 0.6 is 0 Å². The SMILES string of the molecule is CCCNC(C)(C#N)CCCCOc1ccc(F)cc1. The van der Waals surface area contributed by atoms with Crippen LogP contribution in [0.25, 0.3) is 0 Å². The maximum atomic E-state index is 12.7. The van der Waals surface area contributed by atoms with Crippen LogP contribution < -0.4 is 10.1 Å². The number of rotatable bonds is 9. The third-order valence-corrected chi connectivity index (χ3v) is 3.17. The Hall–Kier alpha value is -1.60. The molecule has 3 nitrogen and oxygen atoms in total. The molecule has 0 aliphatic rings. The largest absolute Gasteiger partial charge is 0.494 e. The van der Waals surface area contributed by atoms with Gasteiger partial charge in [-0.25, -0.2) is 4.39 Å². The zero-order valence-electron chi connectivity index (χ0n) is 12.3. The van der Waals surface area contributed by atoms with Crippen LogP contribution in [0.3, 0.4) is 0 Å². The second-order valence-corrected chi connectivity index (χ2v) is 5.13. The van der Waals surface area contributed by atoms with Crippen LogP contribution in [0.1, 0.15) is 39.5 Å². The molecule has 1 aromatic carbocycles. The van der Waals surface area contributed by atoms with E-state index in [1.807, 2.05) is 6.92 Å². The first kappa shape index (κ1) is 16.5. The van der Waals surface area contributed by atoms with E-state index in [1.54, 1.807) is 12.1 Å². The minimum atomic E-state index is -0.452. The fourth-order valence-electron chi connectivity index (χ4n) is 1.89. The van der Waals surface area contributed by atoms with Crippen LogP contribution in [-0.2, 0) is 0 Å². The molecule has 0 saturated heterocycles. The second-order valence-electron chi connectivity index (χ2n) is 5.13. The summed E-state index contributed by atoms with van der Waals surface area (Å²) in [6.07, 6.45) is 3.62. The van der Waals surface area contributed by atoms with Crippen LogP contribution in [-0.4, -0.2) is 18.7 Å². The molecule has 0 aromatic heterocycles. The van der Waals surface area contributed by atoms with Crippen molar-refractivity contribution >= 4 is 0 Å². The van der Waals surface area contributed by atoms with Gasteiger partial charge in [0.1, 0.15) is 17.1 Å². The molecule has 1 aromatic rings. The Balaban J connectivity index is 2.21. The molecule has 0 spiro atoms. The van der Waals surface area contributed by atoms with Gasteiger partial charge in [-0.2, -0.15) is 5.26 Å². The molecule has 0 bridgehead atoms. The average molecular weight is 278 g/mol. The fraction of sp³-hybridized carbons (Fsp3) is 0.562. The molecule has 0 fully saturated rings. The minimum Gasteiger partial charge on any atom is -0.494 e. The van der Waals surface area contributed by atoms with Crippen LogP contribution in [0.2, 0.25) is 0 Å². The topological polar surface area (TPSA) is 45.0 Å². The van der Waals surface area contributed by atoms with Crippen molar-refractivity contribution in [3.05, 3.63) is 30.1 Å². The van der Waals surface area contributed by atoms with E-state index in [0.717, 1.165) is 32.2 Å². The van der Waals surface area contributed by atoms with E-state index in [0.29, 0.717) is 12.4 Å². The molecule has 20 heavy (non-hydrogen) atoms. The van der Waals surface area contributed by atoms with Crippen LogP contribution in [0, 0.1) is 17.1 Å². The lowest BCUT2D eigenvalue weighted by Gasteiger charge is -2.22. The quantitative estimate of drug-likeness (QED) is 0.701. The monoisotopic (exact) mass is 278 g/mol. The maximum Gasteiger partial charge on any atom is 0.123 e. The van der Waals surface area contributed by atoms with E-state index in [9.17, 15) is 9.65 Å². The Morgan fingerprint density at radius 1 is 1.30 bits per heavy atom. The van der Waals surface area contributed by atoms with Crippen molar-refractivity contribution in [3.63, 3.8) is 0 Å². The molecule has 0 aliphatic carbocycles. The Bertz CT molecular complexity index is 427. The third-order valence-electron chi connectivity index (χ3n) is 3.17. The molecule has 1 atom stereocenters. The first-order chi connectivity index (χ1) is 9.59. The summed E-state index contributed by atoms with van der Waals surface area (Å²) in [5.74, 6) is 0.419. The molecule has 0 radical (unpaired) electrons. The number of nitriles is 1. The molecule has 1 rings (SSSR count). The molecular weight excluding hydrogens is 255 g/mol. The highest BCUT2D eigenvalue weighted by Gasteiger charge is 2.21. The zero-order valence-corrected chi connectivity index (χ0v) is 12.3. The van der Waals surface area contributed by atoms with Gasteiger partial charge in [0.25, 0.3) is 0 Å². The molecule has 1 unspecified atom stereocenters. The van der Waals surface area contributed by atoms with Gasteiger partial charge >= 0.3 is 0 Å². The summed E-state index contributed by atoms with van der Waals surface area (Å²) < 4.78 is 18.2. The summed E-state index contributed by atoms with van der Waals surface area (Å²) in [5.41, 5.74) is -0.452. The lowest BCUT2D eigenvalue weighted by molar-refractivity contribution is 0.295.